The summed E-state index contributed by atoms with van der Waals surface area (Å²) in [5, 5.41) is 9.69. The highest BCUT2D eigenvalue weighted by atomic mass is 16.2. The van der Waals surface area contributed by atoms with Gasteiger partial charge in [-0.15, -0.1) is 0 Å². The van der Waals surface area contributed by atoms with E-state index < -0.39 is 0 Å². The van der Waals surface area contributed by atoms with Crippen molar-refractivity contribution in [1.82, 2.24) is 20.1 Å². The second-order valence-corrected chi connectivity index (χ2v) is 4.25. The molecule has 0 aliphatic rings. The van der Waals surface area contributed by atoms with Gasteiger partial charge in [-0.25, -0.2) is 4.79 Å². The lowest BCUT2D eigenvalue weighted by Crippen LogP contribution is -2.31. The molecule has 2 rings (SSSR count). The number of anilines is 1. The molecule has 0 fully saturated rings. The molecule has 2 N–H and O–H groups in total. The smallest absolute Gasteiger partial charge is 0.320 e. The molecule has 0 spiro atoms. The Hall–Kier alpha value is -2.37. The Bertz CT molecular complexity index is 549. The predicted molar refractivity (Wildman–Crippen MR) is 72.9 cm³/mol. The summed E-state index contributed by atoms with van der Waals surface area (Å²) in [6, 6.07) is 7.32. The number of rotatable bonds is 4. The first-order chi connectivity index (χ1) is 9.15. The minimum Gasteiger partial charge on any atom is -0.337 e. The van der Waals surface area contributed by atoms with Crippen LogP contribution < -0.4 is 10.6 Å². The highest BCUT2D eigenvalue weighted by molar-refractivity contribution is 5.88. The van der Waals surface area contributed by atoms with Crippen molar-refractivity contribution in [2.24, 2.45) is 7.05 Å². The summed E-state index contributed by atoms with van der Waals surface area (Å²) < 4.78 is 1.63. The third-order valence-electron chi connectivity index (χ3n) is 2.64. The minimum atomic E-state index is -0.237. The van der Waals surface area contributed by atoms with Gasteiger partial charge in [-0.2, -0.15) is 5.10 Å². The zero-order valence-corrected chi connectivity index (χ0v) is 11.1. The van der Waals surface area contributed by atoms with Gasteiger partial charge in [0.2, 0.25) is 0 Å². The van der Waals surface area contributed by atoms with Gasteiger partial charge >= 0.3 is 6.03 Å². The molecule has 19 heavy (non-hydrogen) atoms. The lowest BCUT2D eigenvalue weighted by molar-refractivity contribution is 0.252. The van der Waals surface area contributed by atoms with Crippen LogP contribution in [0.25, 0.3) is 0 Å². The molecule has 2 heterocycles. The normalized spacial score (nSPS) is 10.2. The molecule has 0 radical (unpaired) electrons. The average molecular weight is 259 g/mol. The van der Waals surface area contributed by atoms with Gasteiger partial charge in [-0.3, -0.25) is 15.0 Å². The summed E-state index contributed by atoms with van der Waals surface area (Å²) in [5.41, 5.74) is 1.82. The number of carbonyl (C=O) groups is 1. The van der Waals surface area contributed by atoms with Crippen molar-refractivity contribution in [3.05, 3.63) is 41.9 Å². The third-order valence-corrected chi connectivity index (χ3v) is 2.64. The second-order valence-electron chi connectivity index (χ2n) is 4.25. The molecule has 2 amide bonds. The van der Waals surface area contributed by atoms with Gasteiger partial charge < -0.3 is 5.32 Å². The Morgan fingerprint density at radius 2 is 2.26 bits per heavy atom. The summed E-state index contributed by atoms with van der Waals surface area (Å²) in [5.74, 6) is 0.674. The molecule has 0 atom stereocenters. The van der Waals surface area contributed by atoms with Gasteiger partial charge in [-0.1, -0.05) is 6.07 Å². The van der Waals surface area contributed by atoms with E-state index in [1.807, 2.05) is 31.2 Å². The van der Waals surface area contributed by atoms with Crippen LogP contribution in [-0.2, 0) is 13.5 Å². The van der Waals surface area contributed by atoms with E-state index in [1.54, 1.807) is 17.9 Å². The Morgan fingerprint density at radius 3 is 2.89 bits per heavy atom. The Labute approximate surface area is 111 Å². The molecule has 0 saturated carbocycles. The van der Waals surface area contributed by atoms with E-state index in [0.29, 0.717) is 18.8 Å². The van der Waals surface area contributed by atoms with Crippen LogP contribution in [0.3, 0.4) is 0 Å². The van der Waals surface area contributed by atoms with Crippen LogP contribution in [0.5, 0.6) is 0 Å². The van der Waals surface area contributed by atoms with Gasteiger partial charge in [0.15, 0.2) is 0 Å². The van der Waals surface area contributed by atoms with Crippen molar-refractivity contribution in [2.75, 3.05) is 11.9 Å². The van der Waals surface area contributed by atoms with E-state index in [9.17, 15) is 4.79 Å². The molecule has 0 saturated heterocycles. The van der Waals surface area contributed by atoms with Crippen LogP contribution in [0.15, 0.2) is 30.5 Å². The molecule has 2 aromatic heterocycles. The number of pyridine rings is 1. The van der Waals surface area contributed by atoms with Crippen molar-refractivity contribution in [1.29, 1.82) is 0 Å². The molecule has 100 valence electrons. The van der Waals surface area contributed by atoms with Gasteiger partial charge in [0.05, 0.1) is 5.69 Å². The molecule has 0 bridgehead atoms. The highest BCUT2D eigenvalue weighted by Crippen LogP contribution is 2.07. The predicted octanol–water partition coefficient (Wildman–Crippen LogP) is 1.49. The van der Waals surface area contributed by atoms with Crippen molar-refractivity contribution >= 4 is 11.8 Å². The summed E-state index contributed by atoms with van der Waals surface area (Å²) in [6.07, 6.45) is 2.45. The fourth-order valence-electron chi connectivity index (χ4n) is 1.74. The van der Waals surface area contributed by atoms with Crippen molar-refractivity contribution in [3.63, 3.8) is 0 Å². The SMILES string of the molecule is Cc1cc(NC(=O)NCCc2ccccn2)n(C)n1. The number of nitrogens with zero attached hydrogens (tertiary/aromatic N) is 3. The quantitative estimate of drug-likeness (QED) is 0.873. The summed E-state index contributed by atoms with van der Waals surface area (Å²) >= 11 is 0. The van der Waals surface area contributed by atoms with E-state index in [2.05, 4.69) is 20.7 Å². The van der Waals surface area contributed by atoms with Gasteiger partial charge in [0, 0.05) is 38.0 Å². The molecular weight excluding hydrogens is 242 g/mol. The van der Waals surface area contributed by atoms with Crippen molar-refractivity contribution < 1.29 is 4.79 Å². The monoisotopic (exact) mass is 259 g/mol. The average Bonchev–Trinajstić information content (AvgIpc) is 2.69. The minimum absolute atomic E-state index is 0.237. The summed E-state index contributed by atoms with van der Waals surface area (Å²) in [4.78, 5) is 15.9. The van der Waals surface area contributed by atoms with Crippen molar-refractivity contribution in [2.45, 2.75) is 13.3 Å². The maximum Gasteiger partial charge on any atom is 0.320 e. The lowest BCUT2D eigenvalue weighted by Gasteiger charge is -2.07. The molecule has 0 aliphatic heterocycles. The Kier molecular flexibility index (Phi) is 4.12. The van der Waals surface area contributed by atoms with Crippen molar-refractivity contribution in [3.8, 4) is 0 Å². The number of carbonyl (C=O) groups excluding carboxylic acids is 1. The number of aryl methyl sites for hydroxylation is 2. The van der Waals surface area contributed by atoms with E-state index in [4.69, 9.17) is 0 Å². The van der Waals surface area contributed by atoms with Crippen LogP contribution in [0, 0.1) is 6.92 Å². The van der Waals surface area contributed by atoms with Crippen LogP contribution in [0.1, 0.15) is 11.4 Å². The molecular formula is C13H17N5O. The number of hydrogen-bond acceptors (Lipinski definition) is 3. The van der Waals surface area contributed by atoms with Gasteiger partial charge in [0.25, 0.3) is 0 Å². The zero-order chi connectivity index (χ0) is 13.7. The molecule has 6 heteroatoms. The van der Waals surface area contributed by atoms with E-state index in [-0.39, 0.29) is 6.03 Å². The number of nitrogens with one attached hydrogen (secondary N) is 2. The zero-order valence-electron chi connectivity index (χ0n) is 11.1. The largest absolute Gasteiger partial charge is 0.337 e. The maximum atomic E-state index is 11.7. The highest BCUT2D eigenvalue weighted by Gasteiger charge is 2.06. The standard InChI is InChI=1S/C13H17N5O/c1-10-9-12(18(2)17-10)16-13(19)15-8-6-11-5-3-4-7-14-11/h3-5,7,9H,6,8H2,1-2H3,(H2,15,16,19). The molecule has 0 unspecified atom stereocenters. The first-order valence-electron chi connectivity index (χ1n) is 6.10. The molecule has 0 aromatic carbocycles. The number of hydrogen-bond donors (Lipinski definition) is 2. The Balaban J connectivity index is 1.78. The van der Waals surface area contributed by atoms with E-state index in [0.717, 1.165) is 11.4 Å². The second kappa shape index (κ2) is 5.99. The summed E-state index contributed by atoms with van der Waals surface area (Å²) in [7, 11) is 1.79. The Morgan fingerprint density at radius 1 is 1.42 bits per heavy atom. The fourth-order valence-corrected chi connectivity index (χ4v) is 1.74. The van der Waals surface area contributed by atoms with E-state index >= 15 is 0 Å². The first-order valence-corrected chi connectivity index (χ1v) is 6.10. The summed E-state index contributed by atoms with van der Waals surface area (Å²) in [6.45, 7) is 2.42. The maximum absolute atomic E-state index is 11.7. The van der Waals surface area contributed by atoms with Crippen LogP contribution in [0.2, 0.25) is 0 Å². The number of aromatic nitrogens is 3. The topological polar surface area (TPSA) is 71.8 Å². The first kappa shape index (κ1) is 13.1. The number of urea groups is 1. The molecule has 6 nitrogen and oxygen atoms in total. The fraction of sp³-hybridized carbons (Fsp3) is 0.308. The van der Waals surface area contributed by atoms with Gasteiger partial charge in [0.1, 0.15) is 5.82 Å². The van der Waals surface area contributed by atoms with E-state index in [1.165, 1.54) is 0 Å². The number of amides is 2. The van der Waals surface area contributed by atoms with Crippen LogP contribution >= 0.6 is 0 Å². The lowest BCUT2D eigenvalue weighted by atomic mass is 10.3. The molecule has 2 aromatic rings. The van der Waals surface area contributed by atoms with Gasteiger partial charge in [-0.05, 0) is 19.1 Å². The third kappa shape index (κ3) is 3.80. The molecule has 0 aliphatic carbocycles. The van der Waals surface area contributed by atoms with Crippen LogP contribution in [0.4, 0.5) is 10.6 Å². The van der Waals surface area contributed by atoms with Crippen LogP contribution in [-0.4, -0.2) is 27.3 Å².